The van der Waals surface area contributed by atoms with Crippen LogP contribution >= 0.6 is 0 Å². The molecule has 1 aromatic heterocycles. The molecule has 0 atom stereocenters. The van der Waals surface area contributed by atoms with Gasteiger partial charge in [-0.2, -0.15) is 0 Å². The highest BCUT2D eigenvalue weighted by Crippen LogP contribution is 2.49. The van der Waals surface area contributed by atoms with Crippen LogP contribution in [0.1, 0.15) is 132 Å². The molecule has 1 heterocycles. The fourth-order valence-corrected chi connectivity index (χ4v) is 10.4. The van der Waals surface area contributed by atoms with Crippen LogP contribution in [0.25, 0.3) is 70.9 Å². The molecule has 0 amide bonds. The standard InChI is InChI=1S/C66H70N2/c1-62(2,3)44-25-32-57(52(38-44)43-35-47(65(10,11)12)37-48(36-43)66(13,14)15)67(49-19-17-16-18-20-49)55-30-23-41-22-29-51-56(31-24-42-21-28-50(55)60(41)61(42)51)68-58-33-26-45(63(4,5)6)39-53(58)54-40-46(64(7,8)9)27-34-59(54)68/h16-40H,1-15H3. The van der Waals surface area contributed by atoms with E-state index < -0.39 is 0 Å². The fraction of sp³-hybridized carbons (Fsp3) is 0.303. The van der Waals surface area contributed by atoms with Crippen LogP contribution in [0.5, 0.6) is 0 Å². The maximum absolute atomic E-state index is 2.53. The predicted octanol–water partition coefficient (Wildman–Crippen LogP) is 19.3. The van der Waals surface area contributed by atoms with Crippen LogP contribution < -0.4 is 4.90 Å². The van der Waals surface area contributed by atoms with E-state index in [1.54, 1.807) is 0 Å². The van der Waals surface area contributed by atoms with Gasteiger partial charge in [-0.15, -0.1) is 0 Å². The Kier molecular flexibility index (Phi) is 10.4. The van der Waals surface area contributed by atoms with Crippen LogP contribution in [0.15, 0.2) is 152 Å². The molecule has 344 valence electrons. The smallest absolute Gasteiger partial charge is 0.0541 e. The largest absolute Gasteiger partial charge is 0.309 e. The highest BCUT2D eigenvalue weighted by Gasteiger charge is 2.28. The molecule has 0 bridgehead atoms. The molecule has 68 heavy (non-hydrogen) atoms. The van der Waals surface area contributed by atoms with E-state index in [0.717, 1.165) is 11.4 Å². The summed E-state index contributed by atoms with van der Waals surface area (Å²) >= 11 is 0. The molecule has 0 aliphatic rings. The van der Waals surface area contributed by atoms with Gasteiger partial charge in [0.25, 0.3) is 0 Å². The van der Waals surface area contributed by atoms with Gasteiger partial charge in [0.05, 0.1) is 28.1 Å². The van der Waals surface area contributed by atoms with Crippen molar-refractivity contribution in [2.24, 2.45) is 0 Å². The number of anilines is 3. The van der Waals surface area contributed by atoms with Crippen molar-refractivity contribution in [2.45, 2.75) is 131 Å². The fourth-order valence-electron chi connectivity index (χ4n) is 10.4. The number of benzene rings is 9. The number of fused-ring (bicyclic) bond motifs is 3. The average Bonchev–Trinajstić information content (AvgIpc) is 3.60. The SMILES string of the molecule is CC(C)(C)c1cc(-c2cc(C(C)(C)C)ccc2N(c2ccccc2)c2ccc3ccc4c(-n5c6ccc(C(C)(C)C)cc6c6cc(C(C)(C)C)ccc65)ccc5ccc2c3c54)cc(C(C)(C)C)c1. The maximum Gasteiger partial charge on any atom is 0.0541 e. The van der Waals surface area contributed by atoms with Gasteiger partial charge in [0, 0.05) is 32.8 Å². The molecule has 10 aromatic rings. The van der Waals surface area contributed by atoms with Crippen molar-refractivity contribution >= 4 is 71.2 Å². The van der Waals surface area contributed by atoms with E-state index in [1.807, 2.05) is 0 Å². The van der Waals surface area contributed by atoms with Gasteiger partial charge in [-0.05, 0) is 143 Å². The van der Waals surface area contributed by atoms with Gasteiger partial charge in [-0.25, -0.2) is 0 Å². The minimum atomic E-state index is -0.0375. The lowest BCUT2D eigenvalue weighted by Gasteiger charge is -2.32. The van der Waals surface area contributed by atoms with E-state index in [-0.39, 0.29) is 27.1 Å². The molecule has 0 N–H and O–H groups in total. The zero-order valence-corrected chi connectivity index (χ0v) is 43.3. The molecule has 9 aromatic carbocycles. The van der Waals surface area contributed by atoms with Crippen LogP contribution in [0.3, 0.4) is 0 Å². The van der Waals surface area contributed by atoms with Crippen LogP contribution in [0.2, 0.25) is 0 Å². The molecule has 2 nitrogen and oxygen atoms in total. The summed E-state index contributed by atoms with van der Waals surface area (Å²) in [6.45, 7) is 34.9. The van der Waals surface area contributed by atoms with E-state index in [1.165, 1.54) is 104 Å². The Labute approximate surface area is 406 Å². The number of rotatable bonds is 5. The molecule has 0 fully saturated rings. The van der Waals surface area contributed by atoms with Crippen LogP contribution in [0.4, 0.5) is 17.1 Å². The van der Waals surface area contributed by atoms with Gasteiger partial charge in [0.2, 0.25) is 0 Å². The highest BCUT2D eigenvalue weighted by molar-refractivity contribution is 6.27. The molecule has 0 saturated carbocycles. The third-order valence-electron chi connectivity index (χ3n) is 14.7. The molecule has 0 saturated heterocycles. The monoisotopic (exact) mass is 891 g/mol. The normalized spacial score (nSPS) is 13.2. The Balaban J connectivity index is 1.26. The Hall–Kier alpha value is -6.38. The molecule has 0 spiro atoms. The summed E-state index contributed by atoms with van der Waals surface area (Å²) in [6, 6.07) is 58.7. The number of hydrogen-bond acceptors (Lipinski definition) is 1. The predicted molar refractivity (Wildman–Crippen MR) is 298 cm³/mol. The first kappa shape index (κ1) is 45.4. The molecule has 0 aliphatic heterocycles. The first-order valence-corrected chi connectivity index (χ1v) is 24.8. The molecular weight excluding hydrogens is 821 g/mol. The lowest BCUT2D eigenvalue weighted by Crippen LogP contribution is -2.17. The molecule has 2 heteroatoms. The summed E-state index contributed by atoms with van der Waals surface area (Å²) in [5.41, 5.74) is 16.3. The van der Waals surface area contributed by atoms with Gasteiger partial charge in [-0.1, -0.05) is 195 Å². The Bertz CT molecular complexity index is 3460. The van der Waals surface area contributed by atoms with Crippen LogP contribution in [-0.2, 0) is 27.1 Å². The summed E-state index contributed by atoms with van der Waals surface area (Å²) in [6.07, 6.45) is 0. The summed E-state index contributed by atoms with van der Waals surface area (Å²) in [5.74, 6) is 0. The van der Waals surface area contributed by atoms with Crippen LogP contribution in [-0.4, -0.2) is 4.57 Å². The lowest BCUT2D eigenvalue weighted by atomic mass is 9.78. The number of aromatic nitrogens is 1. The van der Waals surface area contributed by atoms with Crippen molar-refractivity contribution in [3.63, 3.8) is 0 Å². The molecule has 0 radical (unpaired) electrons. The quantitative estimate of drug-likeness (QED) is 0.156. The second-order valence-electron chi connectivity index (χ2n) is 24.8. The summed E-state index contributed by atoms with van der Waals surface area (Å²) in [5, 5.41) is 10.2. The maximum atomic E-state index is 2.53. The van der Waals surface area contributed by atoms with E-state index in [2.05, 4.69) is 265 Å². The highest BCUT2D eigenvalue weighted by atomic mass is 15.1. The zero-order chi connectivity index (χ0) is 48.5. The summed E-state index contributed by atoms with van der Waals surface area (Å²) < 4.78 is 2.53. The second-order valence-corrected chi connectivity index (χ2v) is 24.8. The van der Waals surface area contributed by atoms with Crippen molar-refractivity contribution in [2.75, 3.05) is 4.90 Å². The first-order chi connectivity index (χ1) is 31.9. The second kappa shape index (κ2) is 15.6. The van der Waals surface area contributed by atoms with Crippen molar-refractivity contribution < 1.29 is 0 Å². The number of para-hydroxylation sites is 1. The topological polar surface area (TPSA) is 8.17 Å². The Morgan fingerprint density at radius 1 is 0.338 bits per heavy atom. The minimum Gasteiger partial charge on any atom is -0.309 e. The molecular formula is C66H70N2. The zero-order valence-electron chi connectivity index (χ0n) is 43.3. The number of nitrogens with zero attached hydrogens (tertiary/aromatic N) is 2. The Morgan fingerprint density at radius 3 is 1.31 bits per heavy atom. The Morgan fingerprint density at radius 2 is 0.779 bits per heavy atom. The van der Waals surface area contributed by atoms with E-state index in [0.29, 0.717) is 0 Å². The van der Waals surface area contributed by atoms with Gasteiger partial charge < -0.3 is 9.47 Å². The molecule has 0 aliphatic carbocycles. The minimum absolute atomic E-state index is 0.0220. The van der Waals surface area contributed by atoms with Crippen molar-refractivity contribution in [1.82, 2.24) is 4.57 Å². The van der Waals surface area contributed by atoms with E-state index in [4.69, 9.17) is 0 Å². The average molecular weight is 891 g/mol. The van der Waals surface area contributed by atoms with E-state index >= 15 is 0 Å². The summed E-state index contributed by atoms with van der Waals surface area (Å²) in [7, 11) is 0. The third kappa shape index (κ3) is 7.75. The first-order valence-electron chi connectivity index (χ1n) is 24.8. The van der Waals surface area contributed by atoms with Gasteiger partial charge in [0.15, 0.2) is 0 Å². The summed E-state index contributed by atoms with van der Waals surface area (Å²) in [4.78, 5) is 2.53. The van der Waals surface area contributed by atoms with Gasteiger partial charge >= 0.3 is 0 Å². The van der Waals surface area contributed by atoms with Gasteiger partial charge in [-0.3, -0.25) is 0 Å². The molecule has 0 unspecified atom stereocenters. The van der Waals surface area contributed by atoms with E-state index in [9.17, 15) is 0 Å². The molecule has 10 rings (SSSR count). The lowest BCUT2D eigenvalue weighted by molar-refractivity contribution is 0.569. The van der Waals surface area contributed by atoms with Gasteiger partial charge in [0.1, 0.15) is 0 Å². The van der Waals surface area contributed by atoms with Crippen molar-refractivity contribution in [3.05, 3.63) is 179 Å². The number of hydrogen-bond donors (Lipinski definition) is 0. The van der Waals surface area contributed by atoms with Crippen molar-refractivity contribution in [1.29, 1.82) is 0 Å². The third-order valence-corrected chi connectivity index (χ3v) is 14.7. The van der Waals surface area contributed by atoms with Crippen LogP contribution in [0, 0.1) is 0 Å². The van der Waals surface area contributed by atoms with Crippen molar-refractivity contribution in [3.8, 4) is 16.8 Å².